The Morgan fingerprint density at radius 1 is 1.39 bits per heavy atom. The Labute approximate surface area is 135 Å². The highest BCUT2D eigenvalue weighted by Crippen LogP contribution is 2.49. The molecule has 23 heavy (non-hydrogen) atoms. The van der Waals surface area contributed by atoms with Gasteiger partial charge in [0.1, 0.15) is 17.6 Å². The lowest BCUT2D eigenvalue weighted by Gasteiger charge is -2.36. The van der Waals surface area contributed by atoms with Crippen molar-refractivity contribution in [3.8, 4) is 0 Å². The molecule has 0 aromatic carbocycles. The van der Waals surface area contributed by atoms with Crippen molar-refractivity contribution in [1.29, 1.82) is 0 Å². The van der Waals surface area contributed by atoms with Crippen LogP contribution in [0.5, 0.6) is 0 Å². The van der Waals surface area contributed by atoms with Crippen molar-refractivity contribution in [2.75, 3.05) is 6.61 Å². The summed E-state index contributed by atoms with van der Waals surface area (Å²) in [6.45, 7) is 10.0. The lowest BCUT2D eigenvalue weighted by molar-refractivity contribution is -0.160. The molecule has 0 aromatic heterocycles. The van der Waals surface area contributed by atoms with Gasteiger partial charge in [0.25, 0.3) is 5.91 Å². The van der Waals surface area contributed by atoms with Crippen LogP contribution in [0.1, 0.15) is 41.5 Å². The first-order chi connectivity index (χ1) is 10.5. The number of Topliss-reactive ketones (excluding diaryl/α,β-unsaturated/α-hetero) is 1. The predicted octanol–water partition coefficient (Wildman–Crippen LogP) is 1.32. The van der Waals surface area contributed by atoms with Crippen LogP contribution in [0.3, 0.4) is 0 Å². The van der Waals surface area contributed by atoms with E-state index in [0.29, 0.717) is 0 Å². The van der Waals surface area contributed by atoms with Gasteiger partial charge in [-0.15, -0.1) is 0 Å². The normalized spacial score (nSPS) is 30.7. The van der Waals surface area contributed by atoms with Crippen molar-refractivity contribution in [1.82, 2.24) is 4.90 Å². The first kappa shape index (κ1) is 17.5. The maximum absolute atomic E-state index is 12.8. The summed E-state index contributed by atoms with van der Waals surface area (Å²) in [5, 5.41) is 10.6. The van der Waals surface area contributed by atoms with E-state index in [-0.39, 0.29) is 12.2 Å². The van der Waals surface area contributed by atoms with Crippen molar-refractivity contribution >= 4 is 17.7 Å². The van der Waals surface area contributed by atoms with Crippen molar-refractivity contribution in [2.45, 2.75) is 59.4 Å². The summed E-state index contributed by atoms with van der Waals surface area (Å²) in [4.78, 5) is 38.4. The Bertz CT molecular complexity index is 602. The second kappa shape index (κ2) is 5.33. The minimum atomic E-state index is -1.80. The number of hydrogen-bond acceptors (Lipinski definition) is 6. The second-order valence-corrected chi connectivity index (χ2v) is 6.94. The van der Waals surface area contributed by atoms with Crippen molar-refractivity contribution in [3.63, 3.8) is 0 Å². The van der Waals surface area contributed by atoms with Gasteiger partial charge in [-0.2, -0.15) is 0 Å². The van der Waals surface area contributed by atoms with Gasteiger partial charge in [0.2, 0.25) is 5.54 Å². The topological polar surface area (TPSA) is 93.1 Å². The molecule has 7 heteroatoms. The number of nitrogens with zero attached hydrogens (tertiary/aromatic N) is 1. The molecule has 128 valence electrons. The third-order valence-electron chi connectivity index (χ3n) is 4.25. The van der Waals surface area contributed by atoms with Crippen LogP contribution in [-0.4, -0.2) is 52.1 Å². The van der Waals surface area contributed by atoms with E-state index < -0.39 is 46.7 Å². The maximum atomic E-state index is 12.8. The third-order valence-corrected chi connectivity index (χ3v) is 4.25. The Balaban J connectivity index is 2.70. The fourth-order valence-corrected chi connectivity index (χ4v) is 3.23. The van der Waals surface area contributed by atoms with Gasteiger partial charge in [-0.1, -0.05) is 20.8 Å². The van der Waals surface area contributed by atoms with Gasteiger partial charge in [-0.3, -0.25) is 14.5 Å². The van der Waals surface area contributed by atoms with E-state index in [2.05, 4.69) is 0 Å². The highest BCUT2D eigenvalue weighted by molar-refractivity contribution is 6.23. The Kier molecular flexibility index (Phi) is 4.05. The SMILES string of the molecule is CCOC(=O)[C@@]12C(O)=C(C(C)=O)C(=O)N1[C@@H](C(C)(C)C)O[C@@H]2C. The zero-order valence-corrected chi connectivity index (χ0v) is 14.3. The molecular formula is C16H23NO6. The van der Waals surface area contributed by atoms with Crippen LogP contribution in [0.4, 0.5) is 0 Å². The number of aliphatic hydroxyl groups excluding tert-OH is 1. The van der Waals surface area contributed by atoms with E-state index >= 15 is 0 Å². The monoisotopic (exact) mass is 325 g/mol. The zero-order valence-electron chi connectivity index (χ0n) is 14.3. The molecule has 0 aromatic rings. The van der Waals surface area contributed by atoms with Crippen molar-refractivity contribution in [2.24, 2.45) is 5.41 Å². The third kappa shape index (κ3) is 2.17. The molecule has 3 atom stereocenters. The van der Waals surface area contributed by atoms with Crippen LogP contribution in [0.2, 0.25) is 0 Å². The summed E-state index contributed by atoms with van der Waals surface area (Å²) in [6.07, 6.45) is -1.61. The molecule has 1 fully saturated rings. The van der Waals surface area contributed by atoms with Crippen LogP contribution in [0.25, 0.3) is 0 Å². The number of fused-ring (bicyclic) bond motifs is 1. The van der Waals surface area contributed by atoms with Crippen LogP contribution in [0, 0.1) is 5.41 Å². The summed E-state index contributed by atoms with van der Waals surface area (Å²) in [6, 6.07) is 0. The smallest absolute Gasteiger partial charge is 0.342 e. The molecule has 0 radical (unpaired) electrons. The van der Waals surface area contributed by atoms with E-state index in [1.807, 2.05) is 20.8 Å². The molecule has 0 bridgehead atoms. The van der Waals surface area contributed by atoms with Gasteiger partial charge in [0.05, 0.1) is 12.7 Å². The van der Waals surface area contributed by atoms with Gasteiger partial charge in [0, 0.05) is 5.41 Å². The van der Waals surface area contributed by atoms with Gasteiger partial charge in [-0.05, 0) is 20.8 Å². The van der Waals surface area contributed by atoms with E-state index in [1.54, 1.807) is 13.8 Å². The largest absolute Gasteiger partial charge is 0.508 e. The van der Waals surface area contributed by atoms with Gasteiger partial charge < -0.3 is 14.6 Å². The molecule has 0 unspecified atom stereocenters. The number of rotatable bonds is 3. The zero-order chi connectivity index (χ0) is 17.7. The highest BCUT2D eigenvalue weighted by Gasteiger charge is 2.70. The minimum absolute atomic E-state index is 0.0816. The lowest BCUT2D eigenvalue weighted by Crippen LogP contribution is -2.59. The number of esters is 1. The summed E-state index contributed by atoms with van der Waals surface area (Å²) in [5.41, 5.74) is -2.70. The van der Waals surface area contributed by atoms with Gasteiger partial charge in [0.15, 0.2) is 5.78 Å². The number of hydrogen-bond donors (Lipinski definition) is 1. The predicted molar refractivity (Wildman–Crippen MR) is 80.3 cm³/mol. The molecular weight excluding hydrogens is 302 g/mol. The molecule has 0 spiro atoms. The van der Waals surface area contributed by atoms with Crippen LogP contribution in [-0.2, 0) is 23.9 Å². The van der Waals surface area contributed by atoms with Gasteiger partial charge >= 0.3 is 5.97 Å². The first-order valence-corrected chi connectivity index (χ1v) is 7.62. The maximum Gasteiger partial charge on any atom is 0.342 e. The molecule has 2 heterocycles. The van der Waals surface area contributed by atoms with Crippen molar-refractivity contribution in [3.05, 3.63) is 11.3 Å². The van der Waals surface area contributed by atoms with E-state index in [1.165, 1.54) is 11.8 Å². The van der Waals surface area contributed by atoms with E-state index in [4.69, 9.17) is 9.47 Å². The Morgan fingerprint density at radius 3 is 2.39 bits per heavy atom. The molecule has 1 saturated heterocycles. The van der Waals surface area contributed by atoms with Crippen LogP contribution in [0.15, 0.2) is 11.3 Å². The Morgan fingerprint density at radius 2 is 1.96 bits per heavy atom. The number of aliphatic hydroxyl groups is 1. The molecule has 2 aliphatic heterocycles. The summed E-state index contributed by atoms with van der Waals surface area (Å²) in [5.74, 6) is -2.66. The standard InChI is InChI=1S/C16H23NO6/c1-7-22-14(21)16-9(3)23-13(15(4,5)6)17(16)12(20)10(8(2)18)11(16)19/h9,13,19H,7H2,1-6H3/t9-,13-,16-/m1/s1. The van der Waals surface area contributed by atoms with Crippen LogP contribution < -0.4 is 0 Å². The average Bonchev–Trinajstić information content (AvgIpc) is 2.83. The first-order valence-electron chi connectivity index (χ1n) is 7.62. The molecule has 7 nitrogen and oxygen atoms in total. The minimum Gasteiger partial charge on any atom is -0.508 e. The highest BCUT2D eigenvalue weighted by atomic mass is 16.6. The fraction of sp³-hybridized carbons (Fsp3) is 0.688. The van der Waals surface area contributed by atoms with Crippen LogP contribution >= 0.6 is 0 Å². The number of ketones is 1. The van der Waals surface area contributed by atoms with E-state index in [9.17, 15) is 19.5 Å². The average molecular weight is 325 g/mol. The number of ether oxygens (including phenoxy) is 2. The summed E-state index contributed by atoms with van der Waals surface area (Å²) >= 11 is 0. The molecule has 2 rings (SSSR count). The molecule has 0 saturated carbocycles. The summed E-state index contributed by atoms with van der Waals surface area (Å²) in [7, 11) is 0. The van der Waals surface area contributed by atoms with Gasteiger partial charge in [-0.25, -0.2) is 4.79 Å². The summed E-state index contributed by atoms with van der Waals surface area (Å²) < 4.78 is 10.9. The fourth-order valence-electron chi connectivity index (χ4n) is 3.23. The quantitative estimate of drug-likeness (QED) is 0.621. The molecule has 0 aliphatic carbocycles. The number of amides is 1. The lowest BCUT2D eigenvalue weighted by atomic mass is 9.89. The molecule has 1 N–H and O–H groups in total. The Hall–Kier alpha value is -1.89. The molecule has 1 amide bonds. The van der Waals surface area contributed by atoms with Crippen molar-refractivity contribution < 1.29 is 29.0 Å². The van der Waals surface area contributed by atoms with E-state index in [0.717, 1.165) is 0 Å². The number of carbonyl (C=O) groups excluding carboxylic acids is 3. The molecule has 2 aliphatic rings. The second-order valence-electron chi connectivity index (χ2n) is 6.94. The number of carbonyl (C=O) groups is 3.